The number of para-hydroxylation sites is 1. The summed E-state index contributed by atoms with van der Waals surface area (Å²) in [5.41, 5.74) is 0.635. The Balaban J connectivity index is 2.69. The minimum absolute atomic E-state index is 0.0415. The highest BCUT2D eigenvalue weighted by atomic mass is 16.4. The van der Waals surface area contributed by atoms with E-state index in [0.717, 1.165) is 0 Å². The first-order valence-electron chi connectivity index (χ1n) is 5.94. The summed E-state index contributed by atoms with van der Waals surface area (Å²) in [5, 5.41) is 11.9. The third kappa shape index (κ3) is 3.48. The first kappa shape index (κ1) is 14.0. The second-order valence-corrected chi connectivity index (χ2v) is 3.77. The highest BCUT2D eigenvalue weighted by Crippen LogP contribution is 2.14. The third-order valence-corrected chi connectivity index (χ3v) is 2.70. The van der Waals surface area contributed by atoms with Gasteiger partial charge in [0.25, 0.3) is 0 Å². The number of amides is 1. The predicted octanol–water partition coefficient (Wildman–Crippen LogP) is 1.67. The van der Waals surface area contributed by atoms with E-state index in [1.54, 1.807) is 23.1 Å². The van der Waals surface area contributed by atoms with E-state index in [0.29, 0.717) is 18.8 Å². The molecule has 1 rings (SSSR count). The van der Waals surface area contributed by atoms with Gasteiger partial charge in [0.1, 0.15) is 0 Å². The van der Waals surface area contributed by atoms with E-state index in [2.05, 4.69) is 5.32 Å². The number of anilines is 1. The maximum Gasteiger partial charge on any atom is 0.337 e. The van der Waals surface area contributed by atoms with Gasteiger partial charge >= 0.3 is 5.97 Å². The second-order valence-electron chi connectivity index (χ2n) is 3.77. The monoisotopic (exact) mass is 250 g/mol. The molecule has 1 aromatic carbocycles. The van der Waals surface area contributed by atoms with Crippen LogP contribution in [0.15, 0.2) is 24.3 Å². The lowest BCUT2D eigenvalue weighted by Gasteiger charge is -2.19. The van der Waals surface area contributed by atoms with Gasteiger partial charge in [0.15, 0.2) is 0 Å². The molecule has 0 saturated heterocycles. The molecule has 0 bridgehead atoms. The van der Waals surface area contributed by atoms with E-state index in [-0.39, 0.29) is 18.0 Å². The molecule has 0 aliphatic heterocycles. The zero-order chi connectivity index (χ0) is 13.5. The molecule has 0 radical (unpaired) electrons. The number of carboxylic acids is 1. The quantitative estimate of drug-likeness (QED) is 0.805. The molecule has 1 aromatic rings. The average molecular weight is 250 g/mol. The van der Waals surface area contributed by atoms with Crippen molar-refractivity contribution in [3.63, 3.8) is 0 Å². The summed E-state index contributed by atoms with van der Waals surface area (Å²) in [7, 11) is 0. The molecule has 5 nitrogen and oxygen atoms in total. The molecule has 0 spiro atoms. The van der Waals surface area contributed by atoms with Crippen molar-refractivity contribution in [2.45, 2.75) is 13.8 Å². The highest BCUT2D eigenvalue weighted by Gasteiger charge is 2.12. The van der Waals surface area contributed by atoms with Crippen LogP contribution in [0.4, 0.5) is 5.69 Å². The topological polar surface area (TPSA) is 69.6 Å². The lowest BCUT2D eigenvalue weighted by Crippen LogP contribution is -2.35. The Bertz CT molecular complexity index is 428. The fourth-order valence-corrected chi connectivity index (χ4v) is 1.68. The summed E-state index contributed by atoms with van der Waals surface area (Å²) in [5.74, 6) is -1.05. The zero-order valence-electron chi connectivity index (χ0n) is 10.6. The molecule has 0 atom stereocenters. The number of likely N-dealkylation sites (N-methyl/N-ethyl adjacent to an activating group) is 1. The number of nitrogens with one attached hydrogen (secondary N) is 1. The molecule has 0 saturated carbocycles. The van der Waals surface area contributed by atoms with Gasteiger partial charge in [-0.15, -0.1) is 0 Å². The van der Waals surface area contributed by atoms with Gasteiger partial charge in [0, 0.05) is 18.8 Å². The molecule has 0 unspecified atom stereocenters. The standard InChI is InChI=1S/C13H18N2O3/c1-3-15(4-2)12(16)9-14-11-8-6-5-7-10(11)13(17)18/h5-8,14H,3-4,9H2,1-2H3,(H,17,18). The summed E-state index contributed by atoms with van der Waals surface area (Å²) in [6, 6.07) is 6.54. The molecule has 18 heavy (non-hydrogen) atoms. The van der Waals surface area contributed by atoms with Gasteiger partial charge < -0.3 is 15.3 Å². The van der Waals surface area contributed by atoms with Crippen molar-refractivity contribution < 1.29 is 14.7 Å². The molecule has 98 valence electrons. The van der Waals surface area contributed by atoms with Crippen LogP contribution in [0.2, 0.25) is 0 Å². The van der Waals surface area contributed by atoms with Crippen LogP contribution in [0.5, 0.6) is 0 Å². The molecule has 0 aromatic heterocycles. The molecular weight excluding hydrogens is 232 g/mol. The van der Waals surface area contributed by atoms with Crippen molar-refractivity contribution in [3.8, 4) is 0 Å². The van der Waals surface area contributed by atoms with Gasteiger partial charge in [0.2, 0.25) is 5.91 Å². The lowest BCUT2D eigenvalue weighted by atomic mass is 10.2. The Hall–Kier alpha value is -2.04. The molecule has 0 heterocycles. The van der Waals surface area contributed by atoms with Crippen LogP contribution in [-0.4, -0.2) is 41.5 Å². The van der Waals surface area contributed by atoms with Crippen molar-refractivity contribution >= 4 is 17.6 Å². The number of carbonyl (C=O) groups is 2. The van der Waals surface area contributed by atoms with Crippen molar-refractivity contribution in [1.29, 1.82) is 0 Å². The maximum absolute atomic E-state index is 11.8. The van der Waals surface area contributed by atoms with Crippen molar-refractivity contribution in [2.24, 2.45) is 0 Å². The van der Waals surface area contributed by atoms with Crippen LogP contribution < -0.4 is 5.32 Å². The number of hydrogen-bond donors (Lipinski definition) is 2. The van der Waals surface area contributed by atoms with Crippen molar-refractivity contribution in [3.05, 3.63) is 29.8 Å². The summed E-state index contributed by atoms with van der Waals surface area (Å²) in [6.45, 7) is 5.22. The minimum atomic E-state index is -1.01. The van der Waals surface area contributed by atoms with Gasteiger partial charge in [-0.2, -0.15) is 0 Å². The molecule has 2 N–H and O–H groups in total. The summed E-state index contributed by atoms with van der Waals surface area (Å²) >= 11 is 0. The van der Waals surface area contributed by atoms with Crippen LogP contribution in [-0.2, 0) is 4.79 Å². The molecular formula is C13H18N2O3. The van der Waals surface area contributed by atoms with E-state index in [1.807, 2.05) is 13.8 Å². The van der Waals surface area contributed by atoms with Crippen LogP contribution in [0.1, 0.15) is 24.2 Å². The molecule has 0 fully saturated rings. The predicted molar refractivity (Wildman–Crippen MR) is 69.8 cm³/mol. The first-order valence-corrected chi connectivity index (χ1v) is 5.94. The smallest absolute Gasteiger partial charge is 0.337 e. The summed E-state index contributed by atoms with van der Waals surface area (Å²) < 4.78 is 0. The Kier molecular flexibility index (Phi) is 5.17. The Morgan fingerprint density at radius 3 is 2.39 bits per heavy atom. The number of carboxylic acid groups (broad SMARTS) is 1. The van der Waals surface area contributed by atoms with Crippen molar-refractivity contribution in [1.82, 2.24) is 4.90 Å². The Labute approximate surface area is 106 Å². The van der Waals surface area contributed by atoms with Crippen molar-refractivity contribution in [2.75, 3.05) is 25.0 Å². The summed E-state index contributed by atoms with van der Waals surface area (Å²) in [6.07, 6.45) is 0. The van der Waals surface area contributed by atoms with E-state index in [4.69, 9.17) is 5.11 Å². The van der Waals surface area contributed by atoms with Gasteiger partial charge in [-0.05, 0) is 26.0 Å². The Morgan fingerprint density at radius 1 is 1.22 bits per heavy atom. The second kappa shape index (κ2) is 6.64. The lowest BCUT2D eigenvalue weighted by molar-refractivity contribution is -0.128. The van der Waals surface area contributed by atoms with Crippen LogP contribution >= 0.6 is 0 Å². The molecule has 5 heteroatoms. The summed E-state index contributed by atoms with van der Waals surface area (Å²) in [4.78, 5) is 24.4. The van der Waals surface area contributed by atoms with E-state index in [9.17, 15) is 9.59 Å². The number of aromatic carboxylic acids is 1. The highest BCUT2D eigenvalue weighted by molar-refractivity contribution is 5.95. The first-order chi connectivity index (χ1) is 8.60. The van der Waals surface area contributed by atoms with Gasteiger partial charge in [0.05, 0.1) is 12.1 Å². The maximum atomic E-state index is 11.8. The largest absolute Gasteiger partial charge is 0.478 e. The SMILES string of the molecule is CCN(CC)C(=O)CNc1ccccc1C(=O)O. The number of rotatable bonds is 6. The third-order valence-electron chi connectivity index (χ3n) is 2.70. The number of carbonyl (C=O) groups excluding carboxylic acids is 1. The normalized spacial score (nSPS) is 9.89. The molecule has 1 amide bonds. The van der Waals surface area contributed by atoms with Gasteiger partial charge in [-0.25, -0.2) is 4.79 Å². The van der Waals surface area contributed by atoms with Crippen LogP contribution in [0, 0.1) is 0 Å². The molecule has 0 aliphatic carbocycles. The number of nitrogens with zero attached hydrogens (tertiary/aromatic N) is 1. The van der Waals surface area contributed by atoms with Gasteiger partial charge in [-0.1, -0.05) is 12.1 Å². The number of benzene rings is 1. The molecule has 0 aliphatic rings. The van der Waals surface area contributed by atoms with Crippen LogP contribution in [0.25, 0.3) is 0 Å². The zero-order valence-corrected chi connectivity index (χ0v) is 10.6. The fourth-order valence-electron chi connectivity index (χ4n) is 1.68. The van der Waals surface area contributed by atoms with E-state index < -0.39 is 5.97 Å². The van der Waals surface area contributed by atoms with Crippen LogP contribution in [0.3, 0.4) is 0 Å². The number of hydrogen-bond acceptors (Lipinski definition) is 3. The fraction of sp³-hybridized carbons (Fsp3) is 0.385. The van der Waals surface area contributed by atoms with Gasteiger partial charge in [-0.3, -0.25) is 4.79 Å². The Morgan fingerprint density at radius 2 is 1.83 bits per heavy atom. The van der Waals surface area contributed by atoms with E-state index >= 15 is 0 Å². The van der Waals surface area contributed by atoms with E-state index in [1.165, 1.54) is 6.07 Å². The average Bonchev–Trinajstić information content (AvgIpc) is 2.38. The minimum Gasteiger partial charge on any atom is -0.478 e.